The van der Waals surface area contributed by atoms with Crippen molar-refractivity contribution in [3.8, 4) is 5.75 Å². The van der Waals surface area contributed by atoms with Crippen LogP contribution in [-0.2, 0) is 14.3 Å². The van der Waals surface area contributed by atoms with E-state index in [1.807, 2.05) is 11.8 Å². The third kappa shape index (κ3) is 5.73. The number of ether oxygens (including phenoxy) is 3. The van der Waals surface area contributed by atoms with Crippen LogP contribution in [0.1, 0.15) is 50.4 Å². The van der Waals surface area contributed by atoms with Crippen LogP contribution in [-0.4, -0.2) is 50.8 Å². The highest BCUT2D eigenvalue weighted by Crippen LogP contribution is 2.35. The zero-order valence-corrected chi connectivity index (χ0v) is 16.0. The Labute approximate surface area is 155 Å². The standard InChI is InChI=1S/C20H29NO5/c1-4-6-9-24-10-11-25-20(23)14-21-13-17(5-2)26-19-8-7-16(15(3)22)12-18(19)21/h7-8,12,17H,4-6,9-11,13-14H2,1-3H3. The van der Waals surface area contributed by atoms with Gasteiger partial charge in [-0.05, 0) is 38.0 Å². The first-order valence-electron chi connectivity index (χ1n) is 9.35. The summed E-state index contributed by atoms with van der Waals surface area (Å²) in [6.45, 7) is 7.75. The molecule has 0 bridgehead atoms. The number of nitrogens with zero attached hydrogens (tertiary/aromatic N) is 1. The molecule has 0 saturated heterocycles. The van der Waals surface area contributed by atoms with E-state index in [0.717, 1.165) is 24.9 Å². The smallest absolute Gasteiger partial charge is 0.325 e. The number of rotatable bonds is 10. The highest BCUT2D eigenvalue weighted by atomic mass is 16.6. The maximum atomic E-state index is 12.2. The molecular weight excluding hydrogens is 334 g/mol. The summed E-state index contributed by atoms with van der Waals surface area (Å²) in [6, 6.07) is 5.34. The highest BCUT2D eigenvalue weighted by molar-refractivity contribution is 5.95. The maximum Gasteiger partial charge on any atom is 0.325 e. The van der Waals surface area contributed by atoms with E-state index in [1.165, 1.54) is 6.92 Å². The van der Waals surface area contributed by atoms with E-state index in [-0.39, 0.29) is 31.0 Å². The molecule has 0 amide bonds. The molecule has 0 radical (unpaired) electrons. The van der Waals surface area contributed by atoms with Crippen molar-refractivity contribution in [2.75, 3.05) is 37.8 Å². The highest BCUT2D eigenvalue weighted by Gasteiger charge is 2.27. The van der Waals surface area contributed by atoms with Crippen molar-refractivity contribution < 1.29 is 23.8 Å². The van der Waals surface area contributed by atoms with E-state index < -0.39 is 0 Å². The van der Waals surface area contributed by atoms with Crippen molar-refractivity contribution in [1.29, 1.82) is 0 Å². The predicted molar refractivity (Wildman–Crippen MR) is 100 cm³/mol. The molecule has 6 nitrogen and oxygen atoms in total. The monoisotopic (exact) mass is 363 g/mol. The molecule has 1 unspecified atom stereocenters. The van der Waals surface area contributed by atoms with Crippen molar-refractivity contribution in [2.45, 2.75) is 46.1 Å². The van der Waals surface area contributed by atoms with Crippen molar-refractivity contribution in [3.05, 3.63) is 23.8 Å². The average molecular weight is 363 g/mol. The van der Waals surface area contributed by atoms with Crippen LogP contribution in [0.2, 0.25) is 0 Å². The van der Waals surface area contributed by atoms with Gasteiger partial charge < -0.3 is 19.1 Å². The Bertz CT molecular complexity index is 616. The summed E-state index contributed by atoms with van der Waals surface area (Å²) < 4.78 is 16.6. The summed E-state index contributed by atoms with van der Waals surface area (Å²) in [5.74, 6) is 0.376. The number of Topliss-reactive ketones (excluding diaryl/α,β-unsaturated/α-hetero) is 1. The number of carbonyl (C=O) groups is 2. The molecule has 0 aromatic heterocycles. The second-order valence-corrected chi connectivity index (χ2v) is 6.45. The topological polar surface area (TPSA) is 65.1 Å². The van der Waals surface area contributed by atoms with Crippen molar-refractivity contribution in [2.24, 2.45) is 0 Å². The number of hydrogen-bond donors (Lipinski definition) is 0. The largest absolute Gasteiger partial charge is 0.486 e. The molecule has 26 heavy (non-hydrogen) atoms. The molecule has 0 aliphatic carbocycles. The minimum Gasteiger partial charge on any atom is -0.486 e. The van der Waals surface area contributed by atoms with Crippen LogP contribution in [0.3, 0.4) is 0 Å². The lowest BCUT2D eigenvalue weighted by Gasteiger charge is -2.35. The maximum absolute atomic E-state index is 12.2. The predicted octanol–water partition coefficient (Wildman–Crippen LogP) is 3.23. The summed E-state index contributed by atoms with van der Waals surface area (Å²) in [5.41, 5.74) is 1.36. The van der Waals surface area contributed by atoms with Gasteiger partial charge in [0.25, 0.3) is 0 Å². The number of fused-ring (bicyclic) bond motifs is 1. The lowest BCUT2D eigenvalue weighted by molar-refractivity contribution is -0.143. The third-order valence-corrected chi connectivity index (χ3v) is 4.33. The van der Waals surface area contributed by atoms with Gasteiger partial charge in [0, 0.05) is 12.2 Å². The molecule has 1 aliphatic heterocycles. The fourth-order valence-electron chi connectivity index (χ4n) is 2.77. The third-order valence-electron chi connectivity index (χ3n) is 4.33. The van der Waals surface area contributed by atoms with Crippen molar-refractivity contribution in [3.63, 3.8) is 0 Å². The van der Waals surface area contributed by atoms with Gasteiger partial charge >= 0.3 is 5.97 Å². The first kappa shape index (κ1) is 20.2. The number of hydrogen-bond acceptors (Lipinski definition) is 6. The summed E-state index contributed by atoms with van der Waals surface area (Å²) in [6.07, 6.45) is 2.94. The average Bonchev–Trinajstić information content (AvgIpc) is 2.63. The molecule has 1 aromatic carbocycles. The van der Waals surface area contributed by atoms with Crippen molar-refractivity contribution in [1.82, 2.24) is 0 Å². The van der Waals surface area contributed by atoms with Gasteiger partial charge in [-0.1, -0.05) is 20.3 Å². The normalized spacial score (nSPS) is 16.0. The van der Waals surface area contributed by atoms with E-state index in [4.69, 9.17) is 14.2 Å². The zero-order valence-electron chi connectivity index (χ0n) is 16.0. The summed E-state index contributed by atoms with van der Waals surface area (Å²) in [7, 11) is 0. The second kappa shape index (κ2) is 10.2. The van der Waals surface area contributed by atoms with Gasteiger partial charge in [0.1, 0.15) is 25.0 Å². The van der Waals surface area contributed by atoms with Gasteiger partial charge in [0.2, 0.25) is 0 Å². The Morgan fingerprint density at radius 3 is 2.73 bits per heavy atom. The number of unbranched alkanes of at least 4 members (excludes halogenated alkanes) is 1. The van der Waals surface area contributed by atoms with Crippen LogP contribution in [0.15, 0.2) is 18.2 Å². The lowest BCUT2D eigenvalue weighted by atomic mass is 10.1. The van der Waals surface area contributed by atoms with Gasteiger partial charge in [0.05, 0.1) is 18.8 Å². The van der Waals surface area contributed by atoms with Crippen LogP contribution >= 0.6 is 0 Å². The molecule has 1 aliphatic rings. The van der Waals surface area contributed by atoms with E-state index in [2.05, 4.69) is 6.92 Å². The number of anilines is 1. The molecule has 2 rings (SSSR count). The molecule has 0 saturated carbocycles. The van der Waals surface area contributed by atoms with Crippen LogP contribution < -0.4 is 9.64 Å². The zero-order chi connectivity index (χ0) is 18.9. The Kier molecular flexibility index (Phi) is 7.91. The SMILES string of the molecule is CCCCOCCOC(=O)CN1CC(CC)Oc2ccc(C(C)=O)cc21. The van der Waals surface area contributed by atoms with Crippen LogP contribution in [0.4, 0.5) is 5.69 Å². The van der Waals surface area contributed by atoms with Crippen LogP contribution in [0.25, 0.3) is 0 Å². The quantitative estimate of drug-likeness (QED) is 0.361. The minimum atomic E-state index is -0.306. The fourth-order valence-corrected chi connectivity index (χ4v) is 2.77. The molecular formula is C20H29NO5. The van der Waals surface area contributed by atoms with Gasteiger partial charge in [0.15, 0.2) is 5.78 Å². The summed E-state index contributed by atoms with van der Waals surface area (Å²) in [4.78, 5) is 25.8. The van der Waals surface area contributed by atoms with E-state index in [0.29, 0.717) is 31.1 Å². The summed E-state index contributed by atoms with van der Waals surface area (Å²) >= 11 is 0. The number of ketones is 1. The molecule has 1 aromatic rings. The van der Waals surface area contributed by atoms with Crippen molar-refractivity contribution >= 4 is 17.4 Å². The molecule has 144 valence electrons. The van der Waals surface area contributed by atoms with Gasteiger partial charge in [-0.2, -0.15) is 0 Å². The van der Waals surface area contributed by atoms with Gasteiger partial charge in [-0.25, -0.2) is 0 Å². The first-order valence-corrected chi connectivity index (χ1v) is 9.35. The van der Waals surface area contributed by atoms with E-state index >= 15 is 0 Å². The molecule has 0 N–H and O–H groups in total. The number of esters is 1. The Hall–Kier alpha value is -2.08. The Balaban J connectivity index is 1.96. The molecule has 1 atom stereocenters. The van der Waals surface area contributed by atoms with E-state index in [1.54, 1.807) is 18.2 Å². The molecule has 0 fully saturated rings. The Morgan fingerprint density at radius 1 is 1.23 bits per heavy atom. The Morgan fingerprint density at radius 2 is 2.04 bits per heavy atom. The molecule has 0 spiro atoms. The van der Waals surface area contributed by atoms with E-state index in [9.17, 15) is 9.59 Å². The minimum absolute atomic E-state index is 0.0101. The van der Waals surface area contributed by atoms with Crippen LogP contribution in [0.5, 0.6) is 5.75 Å². The number of benzene rings is 1. The second-order valence-electron chi connectivity index (χ2n) is 6.45. The van der Waals surface area contributed by atoms with Gasteiger partial charge in [-0.15, -0.1) is 0 Å². The molecule has 6 heteroatoms. The van der Waals surface area contributed by atoms with Gasteiger partial charge in [-0.3, -0.25) is 9.59 Å². The lowest BCUT2D eigenvalue weighted by Crippen LogP contribution is -2.43. The van der Waals surface area contributed by atoms with Crippen LogP contribution in [0, 0.1) is 0 Å². The summed E-state index contributed by atoms with van der Waals surface area (Å²) in [5, 5.41) is 0. The molecule has 1 heterocycles. The first-order chi connectivity index (χ1) is 12.5. The fraction of sp³-hybridized carbons (Fsp3) is 0.600. The number of carbonyl (C=O) groups excluding carboxylic acids is 2.